The molecule has 2 N–H and O–H groups in total. The molecule has 1 amide bonds. The normalized spacial score (nSPS) is 25.8. The molecule has 0 spiro atoms. The molecular weight excluding hydrogens is 252 g/mol. The molecule has 1 aliphatic carbocycles. The Labute approximate surface area is 119 Å². The van der Waals surface area contributed by atoms with Crippen LogP contribution >= 0.6 is 0 Å². The minimum absolute atomic E-state index is 0.156. The zero-order valence-electron chi connectivity index (χ0n) is 11.8. The first-order valence-electron chi connectivity index (χ1n) is 7.53. The molecule has 0 bridgehead atoms. The minimum atomic E-state index is 0.156. The second-order valence-electron chi connectivity index (χ2n) is 5.76. The van der Waals surface area contributed by atoms with E-state index in [0.717, 1.165) is 43.7 Å². The molecule has 1 aliphatic heterocycles. The van der Waals surface area contributed by atoms with Crippen LogP contribution in [-0.2, 0) is 4.79 Å². The summed E-state index contributed by atoms with van der Waals surface area (Å²) in [4.78, 5) is 14.7. The fourth-order valence-corrected chi connectivity index (χ4v) is 3.26. The zero-order chi connectivity index (χ0) is 13.9. The number of hydrogen-bond acceptors (Lipinski definition) is 3. The molecule has 1 fully saturated rings. The van der Waals surface area contributed by atoms with E-state index >= 15 is 0 Å². The number of para-hydroxylation sites is 2. The number of hydrogen-bond donors (Lipinski definition) is 1. The van der Waals surface area contributed by atoms with Gasteiger partial charge in [-0.2, -0.15) is 0 Å². The Hall–Kier alpha value is -1.55. The summed E-state index contributed by atoms with van der Waals surface area (Å²) in [6.07, 6.45) is 4.11. The number of fused-ring (bicyclic) bond motifs is 1. The maximum atomic E-state index is 12.8. The SMILES string of the molecule is NCC1CCC(C(=O)N2CCOc3ccccc32)CC1. The van der Waals surface area contributed by atoms with Gasteiger partial charge in [-0.1, -0.05) is 12.1 Å². The number of anilines is 1. The number of amides is 1. The van der Waals surface area contributed by atoms with Gasteiger partial charge in [0.25, 0.3) is 0 Å². The standard InChI is InChI=1S/C16H22N2O2/c17-11-12-5-7-13(8-6-12)16(19)18-9-10-20-15-4-2-1-3-14(15)18/h1-4,12-13H,5-11,17H2. The third-order valence-electron chi connectivity index (χ3n) is 4.52. The summed E-state index contributed by atoms with van der Waals surface area (Å²) < 4.78 is 5.62. The lowest BCUT2D eigenvalue weighted by molar-refractivity contribution is -0.123. The average Bonchev–Trinajstić information content (AvgIpc) is 2.54. The molecule has 0 radical (unpaired) electrons. The minimum Gasteiger partial charge on any atom is -0.490 e. The molecule has 4 heteroatoms. The number of carbonyl (C=O) groups excluding carboxylic acids is 1. The highest BCUT2D eigenvalue weighted by Crippen LogP contribution is 2.35. The van der Waals surface area contributed by atoms with Gasteiger partial charge in [-0.05, 0) is 50.3 Å². The molecule has 1 aromatic carbocycles. The van der Waals surface area contributed by atoms with E-state index in [9.17, 15) is 4.79 Å². The van der Waals surface area contributed by atoms with Crippen molar-refractivity contribution in [1.82, 2.24) is 0 Å². The van der Waals surface area contributed by atoms with Crippen LogP contribution in [0.4, 0.5) is 5.69 Å². The number of ether oxygens (including phenoxy) is 1. The predicted molar refractivity (Wildman–Crippen MR) is 78.8 cm³/mol. The maximum Gasteiger partial charge on any atom is 0.230 e. The van der Waals surface area contributed by atoms with Gasteiger partial charge in [-0.25, -0.2) is 0 Å². The van der Waals surface area contributed by atoms with E-state index in [-0.39, 0.29) is 11.8 Å². The predicted octanol–water partition coefficient (Wildman–Crippen LogP) is 2.18. The molecule has 108 valence electrons. The number of benzene rings is 1. The van der Waals surface area contributed by atoms with Gasteiger partial charge in [-0.15, -0.1) is 0 Å². The number of carbonyl (C=O) groups is 1. The van der Waals surface area contributed by atoms with Crippen molar-refractivity contribution < 1.29 is 9.53 Å². The van der Waals surface area contributed by atoms with E-state index < -0.39 is 0 Å². The Balaban J connectivity index is 1.72. The highest BCUT2D eigenvalue weighted by Gasteiger charge is 2.32. The summed E-state index contributed by atoms with van der Waals surface area (Å²) in [5.41, 5.74) is 6.64. The summed E-state index contributed by atoms with van der Waals surface area (Å²) in [6, 6.07) is 7.80. The van der Waals surface area contributed by atoms with E-state index in [0.29, 0.717) is 19.1 Å². The van der Waals surface area contributed by atoms with Crippen molar-refractivity contribution in [3.05, 3.63) is 24.3 Å². The Morgan fingerprint density at radius 2 is 2.00 bits per heavy atom. The van der Waals surface area contributed by atoms with Crippen molar-refractivity contribution in [3.8, 4) is 5.75 Å². The molecule has 0 aromatic heterocycles. The van der Waals surface area contributed by atoms with Gasteiger partial charge >= 0.3 is 0 Å². The van der Waals surface area contributed by atoms with Crippen LogP contribution in [0.1, 0.15) is 25.7 Å². The third kappa shape index (κ3) is 2.52. The molecule has 4 nitrogen and oxygen atoms in total. The first kappa shape index (κ1) is 13.4. The molecule has 0 unspecified atom stereocenters. The molecule has 1 saturated carbocycles. The average molecular weight is 274 g/mol. The quantitative estimate of drug-likeness (QED) is 0.899. The van der Waals surface area contributed by atoms with Gasteiger partial charge < -0.3 is 15.4 Å². The van der Waals surface area contributed by atoms with E-state index in [1.54, 1.807) is 0 Å². The summed E-state index contributed by atoms with van der Waals surface area (Å²) in [5, 5.41) is 0. The van der Waals surface area contributed by atoms with Crippen LogP contribution in [0.3, 0.4) is 0 Å². The van der Waals surface area contributed by atoms with Gasteiger partial charge in [-0.3, -0.25) is 4.79 Å². The summed E-state index contributed by atoms with van der Waals surface area (Å²) >= 11 is 0. The van der Waals surface area contributed by atoms with Gasteiger partial charge in [0.05, 0.1) is 12.2 Å². The highest BCUT2D eigenvalue weighted by atomic mass is 16.5. The monoisotopic (exact) mass is 274 g/mol. The maximum absolute atomic E-state index is 12.8. The topological polar surface area (TPSA) is 55.6 Å². The van der Waals surface area contributed by atoms with Crippen LogP contribution in [0.2, 0.25) is 0 Å². The fraction of sp³-hybridized carbons (Fsp3) is 0.562. The lowest BCUT2D eigenvalue weighted by atomic mass is 9.81. The van der Waals surface area contributed by atoms with E-state index in [4.69, 9.17) is 10.5 Å². The molecule has 1 heterocycles. The second kappa shape index (κ2) is 5.83. The van der Waals surface area contributed by atoms with Crippen LogP contribution in [-0.4, -0.2) is 25.6 Å². The summed E-state index contributed by atoms with van der Waals surface area (Å²) in [5.74, 6) is 1.85. The van der Waals surface area contributed by atoms with Crippen LogP contribution in [0, 0.1) is 11.8 Å². The van der Waals surface area contributed by atoms with Gasteiger partial charge in [0.1, 0.15) is 12.4 Å². The Bertz CT molecular complexity index is 481. The molecule has 2 aliphatic rings. The van der Waals surface area contributed by atoms with Gasteiger partial charge in [0.2, 0.25) is 5.91 Å². The largest absolute Gasteiger partial charge is 0.490 e. The molecule has 1 aromatic rings. The molecule has 20 heavy (non-hydrogen) atoms. The van der Waals surface area contributed by atoms with Crippen molar-refractivity contribution in [2.75, 3.05) is 24.6 Å². The Morgan fingerprint density at radius 3 is 2.75 bits per heavy atom. The van der Waals surface area contributed by atoms with Crippen molar-refractivity contribution in [2.24, 2.45) is 17.6 Å². The van der Waals surface area contributed by atoms with Crippen LogP contribution in [0.15, 0.2) is 24.3 Å². The van der Waals surface area contributed by atoms with E-state index in [1.165, 1.54) is 0 Å². The van der Waals surface area contributed by atoms with E-state index in [2.05, 4.69) is 0 Å². The number of nitrogens with two attached hydrogens (primary N) is 1. The highest BCUT2D eigenvalue weighted by molar-refractivity contribution is 5.96. The summed E-state index contributed by atoms with van der Waals surface area (Å²) in [7, 11) is 0. The first-order chi connectivity index (χ1) is 9.79. The van der Waals surface area contributed by atoms with Crippen LogP contribution in [0.5, 0.6) is 5.75 Å². The Kier molecular flexibility index (Phi) is 3.92. The smallest absolute Gasteiger partial charge is 0.230 e. The zero-order valence-corrected chi connectivity index (χ0v) is 11.8. The molecular formula is C16H22N2O2. The van der Waals surface area contributed by atoms with Gasteiger partial charge in [0, 0.05) is 5.92 Å². The first-order valence-corrected chi connectivity index (χ1v) is 7.53. The molecule has 3 rings (SSSR count). The van der Waals surface area contributed by atoms with Gasteiger partial charge in [0.15, 0.2) is 0 Å². The third-order valence-corrected chi connectivity index (χ3v) is 4.52. The number of rotatable bonds is 2. The lowest BCUT2D eigenvalue weighted by Gasteiger charge is -2.34. The fourth-order valence-electron chi connectivity index (χ4n) is 3.26. The lowest BCUT2D eigenvalue weighted by Crippen LogP contribution is -2.42. The summed E-state index contributed by atoms with van der Waals surface area (Å²) in [6.45, 7) is 1.99. The van der Waals surface area contributed by atoms with Crippen molar-refractivity contribution in [2.45, 2.75) is 25.7 Å². The Morgan fingerprint density at radius 1 is 1.25 bits per heavy atom. The van der Waals surface area contributed by atoms with Crippen LogP contribution in [0.25, 0.3) is 0 Å². The van der Waals surface area contributed by atoms with Crippen LogP contribution < -0.4 is 15.4 Å². The van der Waals surface area contributed by atoms with Crippen molar-refractivity contribution in [3.63, 3.8) is 0 Å². The van der Waals surface area contributed by atoms with Crippen molar-refractivity contribution in [1.29, 1.82) is 0 Å². The van der Waals surface area contributed by atoms with Crippen molar-refractivity contribution >= 4 is 11.6 Å². The number of nitrogens with zero attached hydrogens (tertiary/aromatic N) is 1. The van der Waals surface area contributed by atoms with E-state index in [1.807, 2.05) is 29.2 Å². The molecule has 0 atom stereocenters. The molecule has 0 saturated heterocycles. The second-order valence-corrected chi connectivity index (χ2v) is 5.76.